The Morgan fingerprint density at radius 3 is 2.68 bits per heavy atom. The van der Waals surface area contributed by atoms with Gasteiger partial charge >= 0.3 is 0 Å². The van der Waals surface area contributed by atoms with Crippen LogP contribution in [0.2, 0.25) is 0 Å². The number of carbonyl (C=O) groups excluding carboxylic acids is 1. The lowest BCUT2D eigenvalue weighted by Gasteiger charge is -2.28. The van der Waals surface area contributed by atoms with Crippen molar-refractivity contribution >= 4 is 21.8 Å². The molecule has 0 radical (unpaired) electrons. The van der Waals surface area contributed by atoms with Crippen LogP contribution < -0.4 is 10.5 Å². The van der Waals surface area contributed by atoms with E-state index in [0.29, 0.717) is 13.0 Å². The quantitative estimate of drug-likeness (QED) is 0.903. The van der Waals surface area contributed by atoms with Gasteiger partial charge in [-0.3, -0.25) is 4.79 Å². The Morgan fingerprint density at radius 2 is 2.16 bits per heavy atom. The average Bonchev–Trinajstić information content (AvgIpc) is 2.38. The van der Waals surface area contributed by atoms with Crippen molar-refractivity contribution in [3.8, 4) is 5.75 Å². The van der Waals surface area contributed by atoms with E-state index in [0.717, 1.165) is 15.8 Å². The maximum atomic E-state index is 12.2. The van der Waals surface area contributed by atoms with Crippen LogP contribution in [-0.4, -0.2) is 30.5 Å². The Kier molecular flexibility index (Phi) is 5.38. The first-order valence-electron chi connectivity index (χ1n) is 6.18. The van der Waals surface area contributed by atoms with Crippen molar-refractivity contribution in [3.63, 3.8) is 0 Å². The van der Waals surface area contributed by atoms with Crippen LogP contribution in [0.1, 0.15) is 25.8 Å². The molecule has 0 saturated carbocycles. The first kappa shape index (κ1) is 16.0. The SMILES string of the molecule is CCC(C)(N)C(=O)N(C)Cc1cc(Br)ccc1OC. The third kappa shape index (κ3) is 3.94. The highest BCUT2D eigenvalue weighted by Crippen LogP contribution is 2.24. The summed E-state index contributed by atoms with van der Waals surface area (Å²) in [6.45, 7) is 4.13. The van der Waals surface area contributed by atoms with Gasteiger partial charge in [-0.15, -0.1) is 0 Å². The van der Waals surface area contributed by atoms with Crippen LogP contribution >= 0.6 is 15.9 Å². The van der Waals surface area contributed by atoms with Gasteiger partial charge in [0.25, 0.3) is 0 Å². The van der Waals surface area contributed by atoms with Gasteiger partial charge in [0.1, 0.15) is 5.75 Å². The minimum Gasteiger partial charge on any atom is -0.496 e. The van der Waals surface area contributed by atoms with Gasteiger partial charge in [-0.1, -0.05) is 22.9 Å². The molecule has 19 heavy (non-hydrogen) atoms. The number of amides is 1. The maximum absolute atomic E-state index is 12.2. The number of nitrogens with two attached hydrogens (primary N) is 1. The Hall–Kier alpha value is -1.07. The van der Waals surface area contributed by atoms with Gasteiger partial charge in [-0.25, -0.2) is 0 Å². The summed E-state index contributed by atoms with van der Waals surface area (Å²) in [6.07, 6.45) is 0.603. The lowest BCUT2D eigenvalue weighted by molar-refractivity contribution is -0.135. The maximum Gasteiger partial charge on any atom is 0.242 e. The van der Waals surface area contributed by atoms with Crippen molar-refractivity contribution in [2.24, 2.45) is 5.73 Å². The number of benzene rings is 1. The van der Waals surface area contributed by atoms with Crippen molar-refractivity contribution in [3.05, 3.63) is 28.2 Å². The summed E-state index contributed by atoms with van der Waals surface area (Å²) in [5.74, 6) is 0.690. The lowest BCUT2D eigenvalue weighted by Crippen LogP contribution is -2.51. The van der Waals surface area contributed by atoms with Gasteiger partial charge in [0.2, 0.25) is 5.91 Å². The summed E-state index contributed by atoms with van der Waals surface area (Å²) in [7, 11) is 3.37. The average molecular weight is 329 g/mol. The number of likely N-dealkylation sites (N-methyl/N-ethyl adjacent to an activating group) is 1. The minimum atomic E-state index is -0.825. The number of nitrogens with zero attached hydrogens (tertiary/aromatic N) is 1. The van der Waals surface area contributed by atoms with Crippen LogP contribution in [0.25, 0.3) is 0 Å². The third-order valence-electron chi connectivity index (χ3n) is 3.22. The van der Waals surface area contributed by atoms with E-state index in [1.165, 1.54) is 0 Å². The highest BCUT2D eigenvalue weighted by Gasteiger charge is 2.29. The summed E-state index contributed by atoms with van der Waals surface area (Å²) in [5.41, 5.74) is 6.10. The van der Waals surface area contributed by atoms with Crippen molar-refractivity contribution < 1.29 is 9.53 Å². The molecule has 2 N–H and O–H groups in total. The number of halogens is 1. The van der Waals surface area contributed by atoms with Crippen molar-refractivity contribution in [2.75, 3.05) is 14.2 Å². The Bertz CT molecular complexity index is 461. The van der Waals surface area contributed by atoms with E-state index in [4.69, 9.17) is 10.5 Å². The van der Waals surface area contributed by atoms with Crippen LogP contribution in [0.5, 0.6) is 5.75 Å². The predicted molar refractivity (Wildman–Crippen MR) is 80.1 cm³/mol. The van der Waals surface area contributed by atoms with E-state index in [2.05, 4.69) is 15.9 Å². The van der Waals surface area contributed by atoms with Gasteiger partial charge in [-0.05, 0) is 31.5 Å². The summed E-state index contributed by atoms with van der Waals surface area (Å²) < 4.78 is 6.26. The monoisotopic (exact) mass is 328 g/mol. The fourth-order valence-electron chi connectivity index (χ4n) is 1.79. The fraction of sp³-hybridized carbons (Fsp3) is 0.500. The number of rotatable bonds is 5. The normalized spacial score (nSPS) is 13.8. The Labute approximate surface area is 123 Å². The van der Waals surface area contributed by atoms with E-state index in [1.807, 2.05) is 25.1 Å². The number of carbonyl (C=O) groups is 1. The zero-order valence-corrected chi connectivity index (χ0v) is 13.5. The molecule has 1 aromatic carbocycles. The van der Waals surface area contributed by atoms with Crippen LogP contribution in [0.4, 0.5) is 0 Å². The van der Waals surface area contributed by atoms with Crippen LogP contribution in [0, 0.1) is 0 Å². The molecule has 0 fully saturated rings. The molecule has 0 spiro atoms. The van der Waals surface area contributed by atoms with Crippen molar-refractivity contribution in [2.45, 2.75) is 32.4 Å². The molecular weight excluding hydrogens is 308 g/mol. The standard InChI is InChI=1S/C14H21BrN2O2/c1-5-14(2,16)13(18)17(3)9-10-8-11(15)6-7-12(10)19-4/h6-8H,5,9,16H2,1-4H3. The molecule has 0 aromatic heterocycles. The second kappa shape index (κ2) is 6.39. The molecule has 106 valence electrons. The largest absolute Gasteiger partial charge is 0.496 e. The molecule has 1 amide bonds. The molecule has 0 aliphatic heterocycles. The Morgan fingerprint density at radius 1 is 1.53 bits per heavy atom. The number of hydrogen-bond donors (Lipinski definition) is 1. The molecule has 1 aromatic rings. The summed E-state index contributed by atoms with van der Waals surface area (Å²) >= 11 is 3.42. The van der Waals surface area contributed by atoms with Crippen molar-refractivity contribution in [1.82, 2.24) is 4.90 Å². The lowest BCUT2D eigenvalue weighted by atomic mass is 9.98. The molecule has 0 aliphatic rings. The topological polar surface area (TPSA) is 55.6 Å². The van der Waals surface area contributed by atoms with Gasteiger partial charge in [0.15, 0.2) is 0 Å². The Balaban J connectivity index is 2.91. The number of hydrogen-bond acceptors (Lipinski definition) is 3. The van der Waals surface area contributed by atoms with Gasteiger partial charge in [-0.2, -0.15) is 0 Å². The molecule has 0 bridgehead atoms. The second-order valence-corrected chi connectivity index (χ2v) is 5.80. The van der Waals surface area contributed by atoms with E-state index in [-0.39, 0.29) is 5.91 Å². The third-order valence-corrected chi connectivity index (χ3v) is 3.71. The first-order chi connectivity index (χ1) is 8.81. The van der Waals surface area contributed by atoms with Gasteiger partial charge in [0.05, 0.1) is 12.6 Å². The number of ether oxygens (including phenoxy) is 1. The molecule has 5 heteroatoms. The summed E-state index contributed by atoms with van der Waals surface area (Å²) in [5, 5.41) is 0. The van der Waals surface area contributed by atoms with Crippen molar-refractivity contribution in [1.29, 1.82) is 0 Å². The van der Waals surface area contributed by atoms with E-state index < -0.39 is 5.54 Å². The second-order valence-electron chi connectivity index (χ2n) is 4.89. The zero-order chi connectivity index (χ0) is 14.6. The molecule has 0 heterocycles. The molecule has 1 unspecified atom stereocenters. The summed E-state index contributed by atoms with van der Waals surface area (Å²) in [4.78, 5) is 13.9. The molecule has 1 rings (SSSR count). The van der Waals surface area contributed by atoms with Gasteiger partial charge < -0.3 is 15.4 Å². The van der Waals surface area contributed by atoms with E-state index in [9.17, 15) is 4.79 Å². The first-order valence-corrected chi connectivity index (χ1v) is 6.98. The van der Waals surface area contributed by atoms with Crippen LogP contribution in [0.15, 0.2) is 22.7 Å². The molecule has 4 nitrogen and oxygen atoms in total. The van der Waals surface area contributed by atoms with Gasteiger partial charge in [0, 0.05) is 23.6 Å². The zero-order valence-electron chi connectivity index (χ0n) is 11.9. The minimum absolute atomic E-state index is 0.0722. The molecule has 1 atom stereocenters. The molecule has 0 aliphatic carbocycles. The van der Waals surface area contributed by atoms with Crippen LogP contribution in [0.3, 0.4) is 0 Å². The smallest absolute Gasteiger partial charge is 0.242 e. The molecule has 0 saturated heterocycles. The van der Waals surface area contributed by atoms with E-state index >= 15 is 0 Å². The van der Waals surface area contributed by atoms with Crippen LogP contribution in [-0.2, 0) is 11.3 Å². The fourth-order valence-corrected chi connectivity index (χ4v) is 2.19. The van der Waals surface area contributed by atoms with E-state index in [1.54, 1.807) is 26.0 Å². The number of methoxy groups -OCH3 is 1. The highest BCUT2D eigenvalue weighted by atomic mass is 79.9. The summed E-state index contributed by atoms with van der Waals surface area (Å²) in [6, 6.07) is 5.73. The highest BCUT2D eigenvalue weighted by molar-refractivity contribution is 9.10. The molecular formula is C14H21BrN2O2. The predicted octanol–water partition coefficient (Wildman–Crippen LogP) is 2.54.